The molecule has 0 fully saturated rings. The fourth-order valence-corrected chi connectivity index (χ4v) is 1.83. The van der Waals surface area contributed by atoms with Gasteiger partial charge in [0.15, 0.2) is 0 Å². The molecule has 2 N–H and O–H groups in total. The zero-order chi connectivity index (χ0) is 20.0. The lowest BCUT2D eigenvalue weighted by atomic mass is 10.2. The first-order valence-electron chi connectivity index (χ1n) is 7.44. The number of benzene rings is 1. The van der Waals surface area contributed by atoms with Crippen LogP contribution < -0.4 is 10.1 Å². The quantitative estimate of drug-likeness (QED) is 0.492. The summed E-state index contributed by atoms with van der Waals surface area (Å²) in [5.74, 6) is -4.12. The number of nitrogens with zero attached hydrogens (tertiary/aromatic N) is 3. The lowest BCUT2D eigenvalue weighted by Gasteiger charge is -2.10. The van der Waals surface area contributed by atoms with Gasteiger partial charge in [-0.1, -0.05) is 0 Å². The highest BCUT2D eigenvalue weighted by Gasteiger charge is 2.25. The number of halogens is 5. The molecule has 0 bridgehead atoms. The zero-order valence-corrected chi connectivity index (χ0v) is 13.9. The summed E-state index contributed by atoms with van der Waals surface area (Å²) in [6, 6.07) is 2.82. The van der Waals surface area contributed by atoms with Crippen LogP contribution in [0, 0.1) is 11.3 Å². The highest BCUT2D eigenvalue weighted by Crippen LogP contribution is 2.26. The molecule has 0 aliphatic rings. The van der Waals surface area contributed by atoms with Crippen LogP contribution in [0.2, 0.25) is 0 Å². The molecular weight excluding hydrogens is 373 g/mol. The van der Waals surface area contributed by atoms with Crippen LogP contribution in [0.5, 0.6) is 6.01 Å². The molecule has 0 saturated heterocycles. The van der Waals surface area contributed by atoms with Gasteiger partial charge in [-0.05, 0) is 18.2 Å². The van der Waals surface area contributed by atoms with Crippen LogP contribution in [0.1, 0.15) is 24.5 Å². The van der Waals surface area contributed by atoms with Crippen LogP contribution in [0.4, 0.5) is 27.6 Å². The van der Waals surface area contributed by atoms with Gasteiger partial charge in [0.2, 0.25) is 0 Å². The van der Waals surface area contributed by atoms with Gasteiger partial charge in [0.25, 0.3) is 12.3 Å². The van der Waals surface area contributed by atoms with Crippen LogP contribution in [-0.4, -0.2) is 16.6 Å². The third kappa shape index (κ3) is 5.69. The van der Waals surface area contributed by atoms with Crippen LogP contribution in [0.25, 0.3) is 0 Å². The molecule has 0 amide bonds. The zero-order valence-electron chi connectivity index (χ0n) is 13.9. The van der Waals surface area contributed by atoms with E-state index in [1.54, 1.807) is 0 Å². The van der Waals surface area contributed by atoms with Gasteiger partial charge in [-0.3, -0.25) is 0 Å². The van der Waals surface area contributed by atoms with Crippen molar-refractivity contribution >= 4 is 5.69 Å². The average Bonchev–Trinajstić information content (AvgIpc) is 2.62. The van der Waals surface area contributed by atoms with Crippen LogP contribution in [0.15, 0.2) is 47.6 Å². The van der Waals surface area contributed by atoms with Gasteiger partial charge >= 0.3 is 6.01 Å². The second kappa shape index (κ2) is 8.52. The van der Waals surface area contributed by atoms with E-state index in [4.69, 9.17) is 10.3 Å². The molecule has 2 aromatic rings. The van der Waals surface area contributed by atoms with Gasteiger partial charge < -0.3 is 10.1 Å². The predicted molar refractivity (Wildman–Crippen MR) is 85.3 cm³/mol. The second-order valence-corrected chi connectivity index (χ2v) is 5.36. The maximum atomic E-state index is 13.2. The number of anilines is 1. The lowest BCUT2D eigenvalue weighted by molar-refractivity contribution is 0.0166. The molecular formula is C16H14F5N5O. The summed E-state index contributed by atoms with van der Waals surface area (Å²) >= 11 is 0. The Hall–Kier alpha value is -3.11. The van der Waals surface area contributed by atoms with Crippen molar-refractivity contribution in [2.75, 3.05) is 11.9 Å². The number of alkyl halides is 4. The topological polar surface area (TPSA) is 83.2 Å². The Kier molecular flexibility index (Phi) is 6.37. The van der Waals surface area contributed by atoms with E-state index in [9.17, 15) is 22.0 Å². The van der Waals surface area contributed by atoms with E-state index in [1.165, 1.54) is 12.3 Å². The molecule has 1 aromatic heterocycles. The highest BCUT2D eigenvalue weighted by molar-refractivity contribution is 5.49. The van der Waals surface area contributed by atoms with Crippen LogP contribution >= 0.6 is 0 Å². The third-order valence-electron chi connectivity index (χ3n) is 3.26. The van der Waals surface area contributed by atoms with Crippen molar-refractivity contribution in [3.8, 4) is 6.01 Å². The second-order valence-electron chi connectivity index (χ2n) is 5.36. The monoisotopic (exact) mass is 387 g/mol. The minimum absolute atomic E-state index is 0.0198. The van der Waals surface area contributed by atoms with E-state index in [0.717, 1.165) is 24.5 Å². The Bertz CT molecular complexity index is 821. The van der Waals surface area contributed by atoms with E-state index >= 15 is 0 Å². The highest BCUT2D eigenvalue weighted by atomic mass is 19.3. The van der Waals surface area contributed by atoms with Gasteiger partial charge in [0, 0.05) is 31.2 Å². The number of hydrogen-bond acceptors (Lipinski definition) is 6. The molecule has 0 unspecified atom stereocenters. The van der Waals surface area contributed by atoms with Gasteiger partial charge in [-0.25, -0.2) is 37.5 Å². The summed E-state index contributed by atoms with van der Waals surface area (Å²) in [6.07, 6.45) is 0.0256. The molecule has 11 heteroatoms. The summed E-state index contributed by atoms with van der Waals surface area (Å²) in [7, 11) is 0. The minimum Gasteiger partial charge on any atom is -0.457 e. The van der Waals surface area contributed by atoms with E-state index < -0.39 is 23.7 Å². The minimum atomic E-state index is -3.09. The van der Waals surface area contributed by atoms with Crippen LogP contribution in [0.3, 0.4) is 0 Å². The van der Waals surface area contributed by atoms with E-state index in [2.05, 4.69) is 20.4 Å². The Labute approximate surface area is 150 Å². The van der Waals surface area contributed by atoms with Gasteiger partial charge in [0.05, 0.1) is 11.1 Å². The molecule has 144 valence electrons. The maximum absolute atomic E-state index is 13.2. The standard InChI is InChI=1S/C16H14F5N5O/c1-16(20,21)9-5-24-15(25-6-9)27-8-11(26-22)7-23-10-2-3-13(17)12(4-10)14(18)19/h2-7,14,22-23H,8H2,1H3/b11-7-,26-22?. The SMILES string of the molecule is CC(F)(F)c1cnc(OC/C(=C/Nc2ccc(F)c(C(F)F)c2)N=N)nc1. The van der Waals surface area contributed by atoms with Crippen molar-refractivity contribution in [1.29, 1.82) is 5.53 Å². The molecule has 0 aliphatic carbocycles. The van der Waals surface area contributed by atoms with Crippen molar-refractivity contribution < 1.29 is 26.7 Å². The first kappa shape index (κ1) is 20.2. The Morgan fingerprint density at radius 2 is 2.00 bits per heavy atom. The molecule has 6 nitrogen and oxygen atoms in total. The third-order valence-corrected chi connectivity index (χ3v) is 3.26. The van der Waals surface area contributed by atoms with Crippen molar-refractivity contribution in [2.45, 2.75) is 19.3 Å². The van der Waals surface area contributed by atoms with Crippen molar-refractivity contribution in [2.24, 2.45) is 5.11 Å². The molecule has 1 aromatic carbocycles. The molecule has 0 spiro atoms. The van der Waals surface area contributed by atoms with Gasteiger partial charge in [0.1, 0.15) is 18.1 Å². The first-order chi connectivity index (χ1) is 12.7. The van der Waals surface area contributed by atoms with E-state index in [-0.39, 0.29) is 29.6 Å². The summed E-state index contributed by atoms with van der Waals surface area (Å²) in [5, 5.41) is 5.76. The summed E-state index contributed by atoms with van der Waals surface area (Å²) in [4.78, 5) is 7.24. The molecule has 0 aliphatic heterocycles. The van der Waals surface area contributed by atoms with Gasteiger partial charge in [-0.2, -0.15) is 5.11 Å². The summed E-state index contributed by atoms with van der Waals surface area (Å²) in [6.45, 7) is 0.411. The van der Waals surface area contributed by atoms with Crippen LogP contribution in [-0.2, 0) is 5.92 Å². The lowest BCUT2D eigenvalue weighted by Crippen LogP contribution is -2.10. The normalized spacial score (nSPS) is 12.2. The number of aromatic nitrogens is 2. The number of rotatable bonds is 8. The summed E-state index contributed by atoms with van der Waals surface area (Å²) < 4.78 is 69.9. The number of ether oxygens (including phenoxy) is 1. The molecule has 2 rings (SSSR count). The number of hydrogen-bond donors (Lipinski definition) is 2. The summed E-state index contributed by atoms with van der Waals surface area (Å²) in [5.41, 5.74) is 6.09. The van der Waals surface area contributed by atoms with Crippen molar-refractivity contribution in [3.05, 3.63) is 59.4 Å². The Morgan fingerprint density at radius 3 is 2.56 bits per heavy atom. The number of nitrogens with one attached hydrogen (secondary N) is 2. The largest absolute Gasteiger partial charge is 0.457 e. The van der Waals surface area contributed by atoms with E-state index in [1.807, 2.05) is 0 Å². The fourth-order valence-electron chi connectivity index (χ4n) is 1.83. The molecule has 0 atom stereocenters. The molecule has 0 saturated carbocycles. The fraction of sp³-hybridized carbons (Fsp3) is 0.250. The molecule has 1 heterocycles. The average molecular weight is 387 g/mol. The smallest absolute Gasteiger partial charge is 0.316 e. The van der Waals surface area contributed by atoms with E-state index in [0.29, 0.717) is 6.92 Å². The molecule has 27 heavy (non-hydrogen) atoms. The first-order valence-corrected chi connectivity index (χ1v) is 7.44. The predicted octanol–water partition coefficient (Wildman–Crippen LogP) is 5.03. The Morgan fingerprint density at radius 1 is 1.33 bits per heavy atom. The maximum Gasteiger partial charge on any atom is 0.316 e. The van der Waals surface area contributed by atoms with Crippen molar-refractivity contribution in [1.82, 2.24) is 9.97 Å². The van der Waals surface area contributed by atoms with Crippen molar-refractivity contribution in [3.63, 3.8) is 0 Å². The van der Waals surface area contributed by atoms with Gasteiger partial charge in [-0.15, -0.1) is 0 Å². The molecule has 0 radical (unpaired) electrons. The Balaban J connectivity index is 2.01.